The molecule has 0 spiro atoms. The highest BCUT2D eigenvalue weighted by molar-refractivity contribution is 5.94. The van der Waals surface area contributed by atoms with E-state index >= 15 is 0 Å². The number of hydrogen-bond acceptors (Lipinski definition) is 2. The fourth-order valence-corrected chi connectivity index (χ4v) is 2.22. The molecule has 1 aliphatic rings. The molecular weight excluding hydrogens is 295 g/mol. The second-order valence-corrected chi connectivity index (χ2v) is 4.84. The van der Waals surface area contributed by atoms with Gasteiger partial charge in [-0.2, -0.15) is 13.2 Å². The first-order valence-corrected chi connectivity index (χ1v) is 6.29. The van der Waals surface area contributed by atoms with Crippen molar-refractivity contribution in [2.45, 2.75) is 6.18 Å². The van der Waals surface area contributed by atoms with Crippen LogP contribution in [0.1, 0.15) is 10.4 Å². The van der Waals surface area contributed by atoms with Crippen LogP contribution in [-0.4, -0.2) is 54.6 Å². The molecule has 0 saturated carbocycles. The van der Waals surface area contributed by atoms with E-state index in [2.05, 4.69) is 0 Å². The Balaban J connectivity index is 1.97. The summed E-state index contributed by atoms with van der Waals surface area (Å²) in [5, 5.41) is 0. The fraction of sp³-hybridized carbons (Fsp3) is 0.462. The van der Waals surface area contributed by atoms with E-state index in [4.69, 9.17) is 0 Å². The largest absolute Gasteiger partial charge is 0.401 e. The lowest BCUT2D eigenvalue weighted by molar-refractivity contribution is -0.148. The first kappa shape index (κ1) is 15.7. The van der Waals surface area contributed by atoms with Gasteiger partial charge in [-0.3, -0.25) is 9.69 Å². The molecule has 0 N–H and O–H groups in total. The molecule has 1 amide bonds. The molecule has 0 radical (unpaired) electrons. The number of rotatable bonds is 2. The summed E-state index contributed by atoms with van der Waals surface area (Å²) in [4.78, 5) is 14.5. The van der Waals surface area contributed by atoms with E-state index in [1.807, 2.05) is 0 Å². The molecule has 1 aromatic rings. The van der Waals surface area contributed by atoms with Crippen molar-refractivity contribution < 1.29 is 26.7 Å². The zero-order valence-corrected chi connectivity index (χ0v) is 11.0. The third-order valence-electron chi connectivity index (χ3n) is 3.17. The number of carbonyl (C=O) groups excluding carboxylic acids is 1. The molecule has 2 rings (SSSR count). The number of amides is 1. The summed E-state index contributed by atoms with van der Waals surface area (Å²) in [6.45, 7) is -0.699. The van der Waals surface area contributed by atoms with E-state index in [-0.39, 0.29) is 31.7 Å². The third-order valence-corrected chi connectivity index (χ3v) is 3.17. The summed E-state index contributed by atoms with van der Waals surface area (Å²) in [5.74, 6) is -2.32. The lowest BCUT2D eigenvalue weighted by Gasteiger charge is -2.35. The molecule has 0 unspecified atom stereocenters. The highest BCUT2D eigenvalue weighted by Crippen LogP contribution is 2.18. The van der Waals surface area contributed by atoms with Gasteiger partial charge in [0.15, 0.2) is 0 Å². The number of alkyl halides is 3. The van der Waals surface area contributed by atoms with Gasteiger partial charge in [0, 0.05) is 37.8 Å². The first-order valence-electron chi connectivity index (χ1n) is 6.29. The van der Waals surface area contributed by atoms with Gasteiger partial charge in [0.25, 0.3) is 5.91 Å². The van der Waals surface area contributed by atoms with Gasteiger partial charge in [0.1, 0.15) is 11.6 Å². The van der Waals surface area contributed by atoms with Crippen LogP contribution < -0.4 is 0 Å². The molecule has 1 aliphatic heterocycles. The number of piperazine rings is 1. The molecule has 0 aliphatic carbocycles. The van der Waals surface area contributed by atoms with Crippen LogP contribution in [-0.2, 0) is 0 Å². The third kappa shape index (κ3) is 4.38. The van der Waals surface area contributed by atoms with Crippen LogP contribution in [0.2, 0.25) is 0 Å². The number of carbonyl (C=O) groups is 1. The molecule has 1 aromatic carbocycles. The molecule has 0 aromatic heterocycles. The van der Waals surface area contributed by atoms with E-state index in [1.54, 1.807) is 0 Å². The summed E-state index contributed by atoms with van der Waals surface area (Å²) in [6.07, 6.45) is -4.28. The van der Waals surface area contributed by atoms with Crippen LogP contribution in [0.3, 0.4) is 0 Å². The zero-order valence-electron chi connectivity index (χ0n) is 11.0. The van der Waals surface area contributed by atoms with E-state index in [0.717, 1.165) is 12.1 Å². The molecule has 0 atom stereocenters. The molecule has 8 heteroatoms. The van der Waals surface area contributed by atoms with Crippen LogP contribution in [0, 0.1) is 11.6 Å². The smallest absolute Gasteiger partial charge is 0.336 e. The highest BCUT2D eigenvalue weighted by Gasteiger charge is 2.33. The fourth-order valence-electron chi connectivity index (χ4n) is 2.22. The molecule has 21 heavy (non-hydrogen) atoms. The molecule has 1 saturated heterocycles. The van der Waals surface area contributed by atoms with Crippen molar-refractivity contribution in [2.24, 2.45) is 0 Å². The maximum Gasteiger partial charge on any atom is 0.401 e. The predicted molar refractivity (Wildman–Crippen MR) is 64.8 cm³/mol. The monoisotopic (exact) mass is 308 g/mol. The van der Waals surface area contributed by atoms with Crippen LogP contribution in [0.5, 0.6) is 0 Å². The van der Waals surface area contributed by atoms with Gasteiger partial charge in [-0.15, -0.1) is 0 Å². The van der Waals surface area contributed by atoms with Crippen molar-refractivity contribution in [3.63, 3.8) is 0 Å². The van der Waals surface area contributed by atoms with E-state index in [9.17, 15) is 26.7 Å². The number of hydrogen-bond donors (Lipinski definition) is 0. The maximum absolute atomic E-state index is 13.1. The van der Waals surface area contributed by atoms with Crippen molar-refractivity contribution in [2.75, 3.05) is 32.7 Å². The Hall–Kier alpha value is -1.70. The summed E-state index contributed by atoms with van der Waals surface area (Å²) < 4.78 is 62.9. The lowest BCUT2D eigenvalue weighted by Crippen LogP contribution is -2.50. The second-order valence-electron chi connectivity index (χ2n) is 4.84. The Morgan fingerprint density at radius 3 is 2.00 bits per heavy atom. The standard InChI is InChI=1S/C13H13F5N2O/c14-10-5-9(6-11(15)7-10)12(21)20-3-1-19(2-4-20)8-13(16,17)18/h5-7H,1-4,8H2. The Kier molecular flexibility index (Phi) is 4.46. The van der Waals surface area contributed by atoms with Gasteiger partial charge >= 0.3 is 6.18 Å². The van der Waals surface area contributed by atoms with Crippen molar-refractivity contribution >= 4 is 5.91 Å². The van der Waals surface area contributed by atoms with Gasteiger partial charge in [-0.25, -0.2) is 8.78 Å². The Morgan fingerprint density at radius 1 is 1.00 bits per heavy atom. The number of benzene rings is 1. The van der Waals surface area contributed by atoms with Gasteiger partial charge in [0.2, 0.25) is 0 Å². The topological polar surface area (TPSA) is 23.6 Å². The summed E-state index contributed by atoms with van der Waals surface area (Å²) >= 11 is 0. The SMILES string of the molecule is O=C(c1cc(F)cc(F)c1)N1CCN(CC(F)(F)F)CC1. The van der Waals surface area contributed by atoms with Crippen molar-refractivity contribution in [1.29, 1.82) is 0 Å². The van der Waals surface area contributed by atoms with Gasteiger partial charge in [0.05, 0.1) is 6.54 Å². The van der Waals surface area contributed by atoms with E-state index in [0.29, 0.717) is 6.07 Å². The summed E-state index contributed by atoms with van der Waals surface area (Å²) in [7, 11) is 0. The molecule has 116 valence electrons. The van der Waals surface area contributed by atoms with Crippen molar-refractivity contribution in [3.05, 3.63) is 35.4 Å². The van der Waals surface area contributed by atoms with Crippen molar-refractivity contribution in [1.82, 2.24) is 9.80 Å². The van der Waals surface area contributed by atoms with Crippen LogP contribution in [0.25, 0.3) is 0 Å². The van der Waals surface area contributed by atoms with Gasteiger partial charge in [-0.05, 0) is 12.1 Å². The Bertz CT molecular complexity index is 504. The predicted octanol–water partition coefficient (Wildman–Crippen LogP) is 2.28. The minimum Gasteiger partial charge on any atom is -0.336 e. The van der Waals surface area contributed by atoms with E-state index in [1.165, 1.54) is 9.80 Å². The average molecular weight is 308 g/mol. The van der Waals surface area contributed by atoms with E-state index < -0.39 is 30.3 Å². The highest BCUT2D eigenvalue weighted by atomic mass is 19.4. The first-order chi connectivity index (χ1) is 9.74. The van der Waals surface area contributed by atoms with Crippen LogP contribution in [0.15, 0.2) is 18.2 Å². The molecule has 1 fully saturated rings. The lowest BCUT2D eigenvalue weighted by atomic mass is 10.1. The quantitative estimate of drug-likeness (QED) is 0.783. The Labute approximate surface area is 117 Å². The van der Waals surface area contributed by atoms with Crippen molar-refractivity contribution in [3.8, 4) is 0 Å². The second kappa shape index (κ2) is 5.97. The normalized spacial score (nSPS) is 17.1. The number of nitrogens with zero attached hydrogens (tertiary/aromatic N) is 2. The Morgan fingerprint density at radius 2 is 1.52 bits per heavy atom. The van der Waals surface area contributed by atoms with Gasteiger partial charge in [-0.1, -0.05) is 0 Å². The summed E-state index contributed by atoms with van der Waals surface area (Å²) in [5.41, 5.74) is -0.142. The molecule has 3 nitrogen and oxygen atoms in total. The molecular formula is C13H13F5N2O. The summed E-state index contributed by atoms with van der Waals surface area (Å²) in [6, 6.07) is 2.47. The molecule has 1 heterocycles. The van der Waals surface area contributed by atoms with Crippen LogP contribution in [0.4, 0.5) is 22.0 Å². The average Bonchev–Trinajstić information content (AvgIpc) is 2.35. The van der Waals surface area contributed by atoms with Gasteiger partial charge < -0.3 is 4.90 Å². The minimum absolute atomic E-state index is 0.0725. The zero-order chi connectivity index (χ0) is 15.6. The van der Waals surface area contributed by atoms with Crippen LogP contribution >= 0.6 is 0 Å². The minimum atomic E-state index is -4.28. The molecule has 0 bridgehead atoms. The number of halogens is 5. The maximum atomic E-state index is 13.1.